The number of amides is 2. The van der Waals surface area contributed by atoms with Crippen LogP contribution in [0.1, 0.15) is 30.5 Å². The van der Waals surface area contributed by atoms with E-state index in [-0.39, 0.29) is 18.5 Å². The van der Waals surface area contributed by atoms with Gasteiger partial charge in [0.2, 0.25) is 0 Å². The van der Waals surface area contributed by atoms with Crippen molar-refractivity contribution >= 4 is 6.03 Å². The van der Waals surface area contributed by atoms with Gasteiger partial charge in [-0.05, 0) is 22.8 Å². The molecule has 0 unspecified atom stereocenters. The van der Waals surface area contributed by atoms with Crippen molar-refractivity contribution in [3.05, 3.63) is 71.0 Å². The van der Waals surface area contributed by atoms with Crippen molar-refractivity contribution in [2.45, 2.75) is 32.4 Å². The number of aliphatic hydroxyl groups is 1. The van der Waals surface area contributed by atoms with Gasteiger partial charge in [-0.15, -0.1) is 0 Å². The van der Waals surface area contributed by atoms with Gasteiger partial charge < -0.3 is 15.7 Å². The number of hydrogen-bond donors (Lipinski definition) is 3. The van der Waals surface area contributed by atoms with E-state index in [1.165, 1.54) is 6.07 Å². The largest absolute Gasteiger partial charge is 0.392 e. The summed E-state index contributed by atoms with van der Waals surface area (Å²) in [6.07, 6.45) is 0. The van der Waals surface area contributed by atoms with Gasteiger partial charge in [0.1, 0.15) is 5.82 Å². The molecule has 2 rings (SSSR count). The Kier molecular flexibility index (Phi) is 5.93. The Morgan fingerprint density at radius 2 is 1.67 bits per heavy atom. The minimum Gasteiger partial charge on any atom is -0.392 e. The molecule has 0 aliphatic heterocycles. The molecule has 2 amide bonds. The van der Waals surface area contributed by atoms with Crippen LogP contribution in [0.2, 0.25) is 0 Å². The lowest BCUT2D eigenvalue weighted by atomic mass is 9.84. The molecule has 5 heteroatoms. The first-order valence-corrected chi connectivity index (χ1v) is 7.88. The molecule has 0 saturated carbocycles. The van der Waals surface area contributed by atoms with Crippen LogP contribution in [0.3, 0.4) is 0 Å². The molecule has 0 fully saturated rings. The minimum atomic E-state index is -0.522. The van der Waals surface area contributed by atoms with E-state index < -0.39 is 5.41 Å². The number of urea groups is 1. The van der Waals surface area contributed by atoms with Crippen LogP contribution >= 0.6 is 0 Å². The lowest BCUT2D eigenvalue weighted by molar-refractivity contribution is 0.237. The van der Waals surface area contributed by atoms with Gasteiger partial charge >= 0.3 is 6.03 Å². The van der Waals surface area contributed by atoms with Crippen LogP contribution in [0, 0.1) is 5.82 Å². The summed E-state index contributed by atoms with van der Waals surface area (Å²) < 4.78 is 13.9. The lowest BCUT2D eigenvalue weighted by Crippen LogP contribution is -2.42. The zero-order chi connectivity index (χ0) is 17.6. The molecule has 0 atom stereocenters. The van der Waals surface area contributed by atoms with Crippen LogP contribution in [-0.4, -0.2) is 17.7 Å². The maximum Gasteiger partial charge on any atom is 0.315 e. The topological polar surface area (TPSA) is 61.4 Å². The number of halogens is 1. The van der Waals surface area contributed by atoms with Crippen molar-refractivity contribution in [3.63, 3.8) is 0 Å². The second-order valence-corrected chi connectivity index (χ2v) is 6.33. The Morgan fingerprint density at radius 1 is 1.04 bits per heavy atom. The number of aliphatic hydroxyl groups excluding tert-OH is 1. The molecular formula is C19H23FN2O2. The summed E-state index contributed by atoms with van der Waals surface area (Å²) in [5.41, 5.74) is 1.69. The monoisotopic (exact) mass is 330 g/mol. The van der Waals surface area contributed by atoms with Gasteiger partial charge in [-0.2, -0.15) is 0 Å². The van der Waals surface area contributed by atoms with Gasteiger partial charge in [-0.25, -0.2) is 9.18 Å². The maximum atomic E-state index is 13.9. The molecule has 0 aliphatic rings. The zero-order valence-corrected chi connectivity index (χ0v) is 14.0. The number of benzene rings is 2. The Balaban J connectivity index is 1.90. The van der Waals surface area contributed by atoms with Gasteiger partial charge in [0.25, 0.3) is 0 Å². The number of nitrogens with one attached hydrogen (secondary N) is 2. The number of carbonyl (C=O) groups excluding carboxylic acids is 1. The molecular weight excluding hydrogens is 307 g/mol. The highest BCUT2D eigenvalue weighted by atomic mass is 19.1. The second kappa shape index (κ2) is 7.93. The average molecular weight is 330 g/mol. The van der Waals surface area contributed by atoms with Gasteiger partial charge in [0, 0.05) is 18.5 Å². The Bertz CT molecular complexity index is 701. The fraction of sp³-hybridized carbons (Fsp3) is 0.316. The van der Waals surface area contributed by atoms with Crippen LogP contribution in [-0.2, 0) is 18.6 Å². The predicted octanol–water partition coefficient (Wildman–Crippen LogP) is 3.10. The zero-order valence-electron chi connectivity index (χ0n) is 14.0. The summed E-state index contributed by atoms with van der Waals surface area (Å²) >= 11 is 0. The van der Waals surface area contributed by atoms with Crippen molar-refractivity contribution < 1.29 is 14.3 Å². The SMILES string of the molecule is CC(C)(CNC(=O)NCc1ccccc1CO)c1ccccc1F. The molecule has 0 saturated heterocycles. The number of carbonyl (C=O) groups is 1. The van der Waals surface area contributed by atoms with Crippen molar-refractivity contribution in [3.8, 4) is 0 Å². The Labute approximate surface area is 141 Å². The van der Waals surface area contributed by atoms with Gasteiger partial charge in [-0.3, -0.25) is 0 Å². The van der Waals surface area contributed by atoms with E-state index >= 15 is 0 Å². The highest BCUT2D eigenvalue weighted by Gasteiger charge is 2.24. The third kappa shape index (κ3) is 4.55. The molecule has 2 aromatic carbocycles. The average Bonchev–Trinajstić information content (AvgIpc) is 2.58. The highest BCUT2D eigenvalue weighted by molar-refractivity contribution is 5.74. The van der Waals surface area contributed by atoms with E-state index in [9.17, 15) is 14.3 Å². The third-order valence-corrected chi connectivity index (χ3v) is 4.02. The van der Waals surface area contributed by atoms with E-state index in [0.29, 0.717) is 18.7 Å². The van der Waals surface area contributed by atoms with Crippen LogP contribution < -0.4 is 10.6 Å². The van der Waals surface area contributed by atoms with E-state index in [1.807, 2.05) is 38.1 Å². The lowest BCUT2D eigenvalue weighted by Gasteiger charge is -2.26. The summed E-state index contributed by atoms with van der Waals surface area (Å²) in [5, 5.41) is 14.8. The summed E-state index contributed by atoms with van der Waals surface area (Å²) in [5.74, 6) is -0.276. The fourth-order valence-corrected chi connectivity index (χ4v) is 2.53. The van der Waals surface area contributed by atoms with Crippen molar-refractivity contribution in [1.29, 1.82) is 0 Å². The molecule has 0 heterocycles. The van der Waals surface area contributed by atoms with Crippen LogP contribution in [0.15, 0.2) is 48.5 Å². The molecule has 0 radical (unpaired) electrons. The molecule has 128 valence electrons. The molecule has 0 aliphatic carbocycles. The van der Waals surface area contributed by atoms with Gasteiger partial charge in [-0.1, -0.05) is 56.3 Å². The van der Waals surface area contributed by atoms with E-state index in [0.717, 1.165) is 11.1 Å². The molecule has 4 nitrogen and oxygen atoms in total. The maximum absolute atomic E-state index is 13.9. The van der Waals surface area contributed by atoms with Crippen molar-refractivity contribution in [2.75, 3.05) is 6.54 Å². The van der Waals surface area contributed by atoms with Crippen LogP contribution in [0.4, 0.5) is 9.18 Å². The van der Waals surface area contributed by atoms with Crippen LogP contribution in [0.5, 0.6) is 0 Å². The van der Waals surface area contributed by atoms with E-state index in [4.69, 9.17) is 0 Å². The summed E-state index contributed by atoms with van der Waals surface area (Å²) in [6.45, 7) is 4.32. The predicted molar refractivity (Wildman–Crippen MR) is 92.0 cm³/mol. The smallest absolute Gasteiger partial charge is 0.315 e. The van der Waals surface area contributed by atoms with E-state index in [2.05, 4.69) is 10.6 Å². The Morgan fingerprint density at radius 3 is 2.33 bits per heavy atom. The highest BCUT2D eigenvalue weighted by Crippen LogP contribution is 2.24. The molecule has 3 N–H and O–H groups in total. The quantitative estimate of drug-likeness (QED) is 0.762. The second-order valence-electron chi connectivity index (χ2n) is 6.33. The van der Waals surface area contributed by atoms with Crippen LogP contribution in [0.25, 0.3) is 0 Å². The van der Waals surface area contributed by atoms with Crippen molar-refractivity contribution in [2.24, 2.45) is 0 Å². The van der Waals surface area contributed by atoms with Gasteiger partial charge in [0.05, 0.1) is 6.61 Å². The normalized spacial score (nSPS) is 11.2. The van der Waals surface area contributed by atoms with E-state index in [1.54, 1.807) is 18.2 Å². The molecule has 0 spiro atoms. The number of rotatable bonds is 6. The summed E-state index contributed by atoms with van der Waals surface area (Å²) in [6, 6.07) is 13.6. The standard InChI is InChI=1S/C19H23FN2O2/c1-19(2,16-9-5-6-10-17(16)20)13-22-18(24)21-11-14-7-3-4-8-15(14)12-23/h3-10,23H,11-13H2,1-2H3,(H2,21,22,24). The molecule has 0 aromatic heterocycles. The summed E-state index contributed by atoms with van der Waals surface area (Å²) in [4.78, 5) is 12.0. The third-order valence-electron chi connectivity index (χ3n) is 4.02. The first-order chi connectivity index (χ1) is 11.4. The minimum absolute atomic E-state index is 0.0697. The molecule has 2 aromatic rings. The fourth-order valence-electron chi connectivity index (χ4n) is 2.53. The first-order valence-electron chi connectivity index (χ1n) is 7.88. The van der Waals surface area contributed by atoms with Gasteiger partial charge in [0.15, 0.2) is 0 Å². The Hall–Kier alpha value is -2.40. The number of hydrogen-bond acceptors (Lipinski definition) is 2. The molecule has 0 bridgehead atoms. The first kappa shape index (κ1) is 17.9. The summed E-state index contributed by atoms with van der Waals surface area (Å²) in [7, 11) is 0. The molecule has 24 heavy (non-hydrogen) atoms. The van der Waals surface area contributed by atoms with Crippen molar-refractivity contribution in [1.82, 2.24) is 10.6 Å².